The standard InChI is InChI=1S/C14H18N2O/c1-9(17)12-13(16-14(2,3)4)10-7-5-6-8-11(10)15-12/h5-8,15-16H,1-4H3. The van der Waals surface area contributed by atoms with E-state index in [2.05, 4.69) is 31.1 Å². The van der Waals surface area contributed by atoms with Gasteiger partial charge in [-0.3, -0.25) is 4.79 Å². The highest BCUT2D eigenvalue weighted by Crippen LogP contribution is 2.30. The molecule has 3 nitrogen and oxygen atoms in total. The second-order valence-electron chi connectivity index (χ2n) is 5.35. The Labute approximate surface area is 101 Å². The molecule has 1 aromatic carbocycles. The Morgan fingerprint density at radius 3 is 2.47 bits per heavy atom. The van der Waals surface area contributed by atoms with E-state index in [-0.39, 0.29) is 11.3 Å². The van der Waals surface area contributed by atoms with Gasteiger partial charge in [0, 0.05) is 23.4 Å². The van der Waals surface area contributed by atoms with E-state index < -0.39 is 0 Å². The fourth-order valence-corrected chi connectivity index (χ4v) is 1.91. The van der Waals surface area contributed by atoms with Gasteiger partial charge in [0.1, 0.15) is 5.69 Å². The van der Waals surface area contributed by atoms with Crippen molar-refractivity contribution in [2.45, 2.75) is 33.2 Å². The Balaban J connectivity index is 2.64. The maximum atomic E-state index is 11.7. The molecule has 2 rings (SSSR count). The number of benzene rings is 1. The zero-order valence-corrected chi connectivity index (χ0v) is 10.7. The molecule has 0 atom stereocenters. The van der Waals surface area contributed by atoms with Gasteiger partial charge in [-0.2, -0.15) is 0 Å². The number of carbonyl (C=O) groups is 1. The number of nitrogens with one attached hydrogen (secondary N) is 2. The number of rotatable bonds is 2. The van der Waals surface area contributed by atoms with Crippen LogP contribution in [0.15, 0.2) is 24.3 Å². The van der Waals surface area contributed by atoms with E-state index in [0.29, 0.717) is 5.69 Å². The Hall–Kier alpha value is -1.77. The van der Waals surface area contributed by atoms with Crippen molar-refractivity contribution >= 4 is 22.4 Å². The molecule has 3 heteroatoms. The van der Waals surface area contributed by atoms with Crippen LogP contribution in [0.5, 0.6) is 0 Å². The lowest BCUT2D eigenvalue weighted by Gasteiger charge is -2.22. The molecule has 0 radical (unpaired) electrons. The SMILES string of the molecule is CC(=O)c1[nH]c2ccccc2c1NC(C)(C)C. The van der Waals surface area contributed by atoms with Crippen molar-refractivity contribution in [3.63, 3.8) is 0 Å². The molecule has 0 aliphatic rings. The number of ketones is 1. The van der Waals surface area contributed by atoms with Gasteiger partial charge in [-0.05, 0) is 26.8 Å². The van der Waals surface area contributed by atoms with Crippen LogP contribution in [0.1, 0.15) is 38.2 Å². The lowest BCUT2D eigenvalue weighted by Crippen LogP contribution is -2.26. The minimum atomic E-state index is -0.0742. The fraction of sp³-hybridized carbons (Fsp3) is 0.357. The molecule has 17 heavy (non-hydrogen) atoms. The second-order valence-corrected chi connectivity index (χ2v) is 5.35. The predicted molar refractivity (Wildman–Crippen MR) is 71.7 cm³/mol. The highest BCUT2D eigenvalue weighted by Gasteiger charge is 2.19. The maximum absolute atomic E-state index is 11.7. The predicted octanol–water partition coefficient (Wildman–Crippen LogP) is 3.58. The Morgan fingerprint density at radius 2 is 1.88 bits per heavy atom. The van der Waals surface area contributed by atoms with Crippen LogP contribution in [0.2, 0.25) is 0 Å². The highest BCUT2D eigenvalue weighted by molar-refractivity contribution is 6.08. The number of hydrogen-bond acceptors (Lipinski definition) is 2. The Bertz CT molecular complexity index is 561. The van der Waals surface area contributed by atoms with Crippen molar-refractivity contribution < 1.29 is 4.79 Å². The molecular weight excluding hydrogens is 212 g/mol. The van der Waals surface area contributed by atoms with Gasteiger partial charge in [0.05, 0.1) is 5.69 Å². The largest absolute Gasteiger partial charge is 0.378 e. The summed E-state index contributed by atoms with van der Waals surface area (Å²) in [5, 5.41) is 4.46. The van der Waals surface area contributed by atoms with Crippen molar-refractivity contribution in [2.24, 2.45) is 0 Å². The summed E-state index contributed by atoms with van der Waals surface area (Å²) in [6.07, 6.45) is 0. The first-order chi connectivity index (χ1) is 7.88. The quantitative estimate of drug-likeness (QED) is 0.774. The molecular formula is C14H18N2O. The number of carbonyl (C=O) groups excluding carboxylic acids is 1. The van der Waals surface area contributed by atoms with Crippen LogP contribution in [0, 0.1) is 0 Å². The van der Waals surface area contributed by atoms with Crippen molar-refractivity contribution in [3.8, 4) is 0 Å². The fourth-order valence-electron chi connectivity index (χ4n) is 1.91. The zero-order valence-electron chi connectivity index (χ0n) is 10.7. The lowest BCUT2D eigenvalue weighted by atomic mass is 10.1. The van der Waals surface area contributed by atoms with Crippen molar-refractivity contribution in [2.75, 3.05) is 5.32 Å². The van der Waals surface area contributed by atoms with Gasteiger partial charge in [0.2, 0.25) is 0 Å². The second kappa shape index (κ2) is 3.91. The van der Waals surface area contributed by atoms with Crippen LogP contribution >= 0.6 is 0 Å². The normalized spacial score (nSPS) is 11.8. The van der Waals surface area contributed by atoms with Crippen LogP contribution in [-0.2, 0) is 0 Å². The number of anilines is 1. The van der Waals surface area contributed by atoms with Crippen LogP contribution in [-0.4, -0.2) is 16.3 Å². The van der Waals surface area contributed by atoms with E-state index in [4.69, 9.17) is 0 Å². The first kappa shape index (κ1) is 11.7. The number of Topliss-reactive ketones (excluding diaryl/α,β-unsaturated/α-hetero) is 1. The number of fused-ring (bicyclic) bond motifs is 1. The summed E-state index contributed by atoms with van der Waals surface area (Å²) in [6, 6.07) is 7.94. The van der Waals surface area contributed by atoms with E-state index in [1.54, 1.807) is 6.92 Å². The maximum Gasteiger partial charge on any atom is 0.178 e. The molecule has 0 fully saturated rings. The van der Waals surface area contributed by atoms with E-state index >= 15 is 0 Å². The third kappa shape index (κ3) is 2.33. The number of aromatic nitrogens is 1. The summed E-state index contributed by atoms with van der Waals surface area (Å²) >= 11 is 0. The molecule has 0 unspecified atom stereocenters. The summed E-state index contributed by atoms with van der Waals surface area (Å²) in [5.41, 5.74) is 2.47. The van der Waals surface area contributed by atoms with E-state index in [1.165, 1.54) is 0 Å². The minimum absolute atomic E-state index is 0.0490. The molecule has 1 aromatic heterocycles. The zero-order chi connectivity index (χ0) is 12.6. The van der Waals surface area contributed by atoms with Gasteiger partial charge in [-0.15, -0.1) is 0 Å². The molecule has 1 heterocycles. The lowest BCUT2D eigenvalue weighted by molar-refractivity contribution is 0.101. The number of aromatic amines is 1. The van der Waals surface area contributed by atoms with Gasteiger partial charge in [0.15, 0.2) is 5.78 Å². The molecule has 0 aliphatic heterocycles. The molecule has 0 amide bonds. The van der Waals surface area contributed by atoms with E-state index in [0.717, 1.165) is 16.6 Å². The first-order valence-corrected chi connectivity index (χ1v) is 5.78. The van der Waals surface area contributed by atoms with Crippen LogP contribution in [0.4, 0.5) is 5.69 Å². The topological polar surface area (TPSA) is 44.9 Å². The molecule has 0 spiro atoms. The number of H-pyrrole nitrogens is 1. The summed E-state index contributed by atoms with van der Waals surface area (Å²) in [4.78, 5) is 14.8. The Kier molecular flexibility index (Phi) is 2.69. The van der Waals surface area contributed by atoms with Crippen LogP contribution in [0.25, 0.3) is 10.9 Å². The van der Waals surface area contributed by atoms with Crippen LogP contribution < -0.4 is 5.32 Å². The van der Waals surface area contributed by atoms with Crippen molar-refractivity contribution in [3.05, 3.63) is 30.0 Å². The number of hydrogen-bond donors (Lipinski definition) is 2. The summed E-state index contributed by atoms with van der Waals surface area (Å²) in [7, 11) is 0. The molecule has 90 valence electrons. The van der Waals surface area contributed by atoms with Crippen molar-refractivity contribution in [1.29, 1.82) is 0 Å². The van der Waals surface area contributed by atoms with E-state index in [9.17, 15) is 4.79 Å². The molecule has 0 saturated carbocycles. The third-order valence-electron chi connectivity index (χ3n) is 2.56. The van der Waals surface area contributed by atoms with Gasteiger partial charge < -0.3 is 10.3 Å². The molecule has 2 N–H and O–H groups in total. The summed E-state index contributed by atoms with van der Waals surface area (Å²) in [6.45, 7) is 7.83. The molecule has 0 aliphatic carbocycles. The summed E-state index contributed by atoms with van der Waals surface area (Å²) in [5.74, 6) is 0.0490. The average molecular weight is 230 g/mol. The Morgan fingerprint density at radius 1 is 1.24 bits per heavy atom. The first-order valence-electron chi connectivity index (χ1n) is 5.78. The monoisotopic (exact) mass is 230 g/mol. The van der Waals surface area contributed by atoms with Gasteiger partial charge in [0.25, 0.3) is 0 Å². The van der Waals surface area contributed by atoms with E-state index in [1.807, 2.05) is 24.3 Å². The molecule has 0 saturated heterocycles. The van der Waals surface area contributed by atoms with Gasteiger partial charge >= 0.3 is 0 Å². The van der Waals surface area contributed by atoms with Gasteiger partial charge in [-0.1, -0.05) is 18.2 Å². The minimum Gasteiger partial charge on any atom is -0.378 e. The smallest absolute Gasteiger partial charge is 0.178 e. The number of para-hydroxylation sites is 1. The third-order valence-corrected chi connectivity index (χ3v) is 2.56. The molecule has 2 aromatic rings. The molecule has 0 bridgehead atoms. The average Bonchev–Trinajstić information content (AvgIpc) is 2.55. The van der Waals surface area contributed by atoms with Crippen molar-refractivity contribution in [1.82, 2.24) is 4.98 Å². The van der Waals surface area contributed by atoms with Gasteiger partial charge in [-0.25, -0.2) is 0 Å². The van der Waals surface area contributed by atoms with Crippen LogP contribution in [0.3, 0.4) is 0 Å². The summed E-state index contributed by atoms with van der Waals surface area (Å²) < 4.78 is 0. The highest BCUT2D eigenvalue weighted by atomic mass is 16.1.